The molecule has 1 amide bonds. The molecule has 1 aliphatic rings. The molecule has 1 atom stereocenters. The van der Waals surface area contributed by atoms with E-state index >= 15 is 0 Å². The van der Waals surface area contributed by atoms with Gasteiger partial charge in [0.25, 0.3) is 5.91 Å². The first-order valence-corrected chi connectivity index (χ1v) is 12.3. The monoisotopic (exact) mass is 493 g/mol. The third-order valence-electron chi connectivity index (χ3n) is 6.08. The average Bonchev–Trinajstić information content (AvgIpc) is 3.34. The van der Waals surface area contributed by atoms with Gasteiger partial charge < -0.3 is 19.3 Å². The molecule has 0 saturated heterocycles. The summed E-state index contributed by atoms with van der Waals surface area (Å²) < 4.78 is 16.0. The first-order chi connectivity index (χ1) is 16.8. The standard InChI is InChI=1S/C26H27N3O5S/c1-15-4-9-20-21(12-27)26(35-23(20)10-15)28-24(30)14-33-25(31)11-18-5-7-19(8-6-18)32-13-22-16(2)29-34-17(22)3/h5-8,15H,4,9-11,13-14H2,1-3H3,(H,28,30)/t15-/m0/s1. The number of fused-ring (bicyclic) bond motifs is 1. The number of esters is 1. The Bertz CT molecular complexity index is 1250. The number of anilines is 1. The van der Waals surface area contributed by atoms with Gasteiger partial charge in [-0.1, -0.05) is 24.2 Å². The second kappa shape index (κ2) is 10.7. The lowest BCUT2D eigenvalue weighted by molar-refractivity contribution is -0.146. The number of thiophene rings is 1. The largest absolute Gasteiger partial charge is 0.489 e. The van der Waals surface area contributed by atoms with Crippen LogP contribution in [0.4, 0.5) is 5.00 Å². The number of aromatic nitrogens is 1. The van der Waals surface area contributed by atoms with Gasteiger partial charge in [-0.15, -0.1) is 11.3 Å². The van der Waals surface area contributed by atoms with Crippen molar-refractivity contribution in [1.82, 2.24) is 5.16 Å². The minimum atomic E-state index is -0.510. The Hall–Kier alpha value is -3.64. The third kappa shape index (κ3) is 5.89. The zero-order chi connectivity index (χ0) is 24.9. The fourth-order valence-corrected chi connectivity index (χ4v) is 5.43. The van der Waals surface area contributed by atoms with Crippen molar-refractivity contribution in [2.45, 2.75) is 53.1 Å². The van der Waals surface area contributed by atoms with Gasteiger partial charge in [-0.2, -0.15) is 5.26 Å². The van der Waals surface area contributed by atoms with Gasteiger partial charge >= 0.3 is 5.97 Å². The van der Waals surface area contributed by atoms with E-state index in [1.54, 1.807) is 24.3 Å². The van der Waals surface area contributed by atoms with Crippen LogP contribution in [0.25, 0.3) is 0 Å². The number of hydrogen-bond acceptors (Lipinski definition) is 8. The molecule has 3 aromatic rings. The van der Waals surface area contributed by atoms with E-state index in [2.05, 4.69) is 23.5 Å². The van der Waals surface area contributed by atoms with Crippen LogP contribution in [0.2, 0.25) is 0 Å². The second-order valence-corrected chi connectivity index (χ2v) is 9.89. The Labute approximate surface area is 207 Å². The first-order valence-electron chi connectivity index (χ1n) is 11.5. The predicted molar refractivity (Wildman–Crippen MR) is 130 cm³/mol. The fraction of sp³-hybridized carbons (Fsp3) is 0.385. The Morgan fingerprint density at radius 1 is 1.29 bits per heavy atom. The highest BCUT2D eigenvalue weighted by Gasteiger charge is 2.24. The van der Waals surface area contributed by atoms with E-state index in [4.69, 9.17) is 14.0 Å². The van der Waals surface area contributed by atoms with Gasteiger partial charge in [0.1, 0.15) is 29.2 Å². The topological polar surface area (TPSA) is 114 Å². The molecular formula is C26H27N3O5S. The summed E-state index contributed by atoms with van der Waals surface area (Å²) in [4.78, 5) is 25.7. The Morgan fingerprint density at radius 3 is 2.74 bits per heavy atom. The van der Waals surface area contributed by atoms with Crippen LogP contribution in [0.15, 0.2) is 28.8 Å². The number of carbonyl (C=O) groups is 2. The molecule has 4 rings (SSSR count). The summed E-state index contributed by atoms with van der Waals surface area (Å²) in [6, 6.07) is 9.32. The summed E-state index contributed by atoms with van der Waals surface area (Å²) in [5.74, 6) is 0.986. The Kier molecular flexibility index (Phi) is 7.51. The molecule has 1 aliphatic carbocycles. The lowest BCUT2D eigenvalue weighted by Crippen LogP contribution is -2.21. The van der Waals surface area contributed by atoms with Crippen LogP contribution in [-0.4, -0.2) is 23.6 Å². The molecule has 0 saturated carbocycles. The van der Waals surface area contributed by atoms with Gasteiger partial charge in [-0.3, -0.25) is 9.59 Å². The summed E-state index contributed by atoms with van der Waals surface area (Å²) in [6.07, 6.45) is 2.84. The summed E-state index contributed by atoms with van der Waals surface area (Å²) in [7, 11) is 0. The quantitative estimate of drug-likeness (QED) is 0.454. The first kappa shape index (κ1) is 24.5. The highest BCUT2D eigenvalue weighted by Crippen LogP contribution is 2.39. The molecule has 182 valence electrons. The van der Waals surface area contributed by atoms with Crippen LogP contribution >= 0.6 is 11.3 Å². The van der Waals surface area contributed by atoms with Crippen molar-refractivity contribution < 1.29 is 23.6 Å². The molecule has 0 aliphatic heterocycles. The maximum Gasteiger partial charge on any atom is 0.310 e. The van der Waals surface area contributed by atoms with Crippen molar-refractivity contribution >= 4 is 28.2 Å². The number of nitrogens with zero attached hydrogens (tertiary/aromatic N) is 2. The number of benzene rings is 1. The molecule has 0 unspecified atom stereocenters. The number of nitriles is 1. The van der Waals surface area contributed by atoms with Crippen LogP contribution in [0.5, 0.6) is 5.75 Å². The van der Waals surface area contributed by atoms with Crippen molar-refractivity contribution in [3.05, 3.63) is 62.9 Å². The number of aryl methyl sites for hydroxylation is 2. The molecule has 8 nitrogen and oxygen atoms in total. The van der Waals surface area contributed by atoms with E-state index in [1.807, 2.05) is 13.8 Å². The molecule has 0 bridgehead atoms. The molecule has 35 heavy (non-hydrogen) atoms. The van der Waals surface area contributed by atoms with Gasteiger partial charge in [-0.05, 0) is 62.3 Å². The van der Waals surface area contributed by atoms with Crippen molar-refractivity contribution in [3.63, 3.8) is 0 Å². The number of amides is 1. The van der Waals surface area contributed by atoms with Gasteiger partial charge in [0, 0.05) is 4.88 Å². The zero-order valence-corrected chi connectivity index (χ0v) is 20.8. The zero-order valence-electron chi connectivity index (χ0n) is 20.0. The average molecular weight is 494 g/mol. The fourth-order valence-electron chi connectivity index (χ4n) is 4.05. The number of hydrogen-bond donors (Lipinski definition) is 1. The molecule has 2 heterocycles. The molecule has 1 N–H and O–H groups in total. The lowest BCUT2D eigenvalue weighted by Gasteiger charge is -2.17. The molecule has 9 heteroatoms. The van der Waals surface area contributed by atoms with E-state index in [-0.39, 0.29) is 6.42 Å². The SMILES string of the molecule is Cc1noc(C)c1COc1ccc(CC(=O)OCC(=O)Nc2sc3c(c2C#N)CC[C@H](C)C3)cc1. The van der Waals surface area contributed by atoms with Crippen molar-refractivity contribution in [2.24, 2.45) is 5.92 Å². The van der Waals surface area contributed by atoms with E-state index in [1.165, 1.54) is 11.3 Å². The maximum absolute atomic E-state index is 12.4. The summed E-state index contributed by atoms with van der Waals surface area (Å²) in [6.45, 7) is 5.83. The van der Waals surface area contributed by atoms with Crippen molar-refractivity contribution in [1.29, 1.82) is 5.26 Å². The lowest BCUT2D eigenvalue weighted by atomic mass is 9.89. The van der Waals surface area contributed by atoms with Crippen LogP contribution in [0, 0.1) is 31.1 Å². The predicted octanol–water partition coefficient (Wildman–Crippen LogP) is 4.65. The highest BCUT2D eigenvalue weighted by atomic mass is 32.1. The summed E-state index contributed by atoms with van der Waals surface area (Å²) in [5.41, 5.74) is 4.03. The molecule has 0 radical (unpaired) electrons. The number of rotatable bonds is 8. The van der Waals surface area contributed by atoms with E-state index < -0.39 is 18.5 Å². The molecule has 0 fully saturated rings. The highest BCUT2D eigenvalue weighted by molar-refractivity contribution is 7.16. The smallest absolute Gasteiger partial charge is 0.310 e. The van der Waals surface area contributed by atoms with Gasteiger partial charge in [0.15, 0.2) is 6.61 Å². The maximum atomic E-state index is 12.4. The minimum absolute atomic E-state index is 0.0338. The second-order valence-electron chi connectivity index (χ2n) is 8.79. The summed E-state index contributed by atoms with van der Waals surface area (Å²) in [5, 5.41) is 16.7. The van der Waals surface area contributed by atoms with Gasteiger partial charge in [0.2, 0.25) is 0 Å². The van der Waals surface area contributed by atoms with Crippen LogP contribution in [0.1, 0.15) is 51.9 Å². The van der Waals surface area contributed by atoms with Crippen LogP contribution in [-0.2, 0) is 40.2 Å². The van der Waals surface area contributed by atoms with E-state index in [0.717, 1.165) is 52.3 Å². The van der Waals surface area contributed by atoms with Crippen molar-refractivity contribution in [2.75, 3.05) is 11.9 Å². The van der Waals surface area contributed by atoms with E-state index in [0.29, 0.717) is 28.8 Å². The molecular weight excluding hydrogens is 466 g/mol. The Balaban J connectivity index is 1.25. The number of carbonyl (C=O) groups excluding carboxylic acids is 2. The van der Waals surface area contributed by atoms with Gasteiger partial charge in [0.05, 0.1) is 23.2 Å². The number of nitrogens with one attached hydrogen (secondary N) is 1. The van der Waals surface area contributed by atoms with Crippen LogP contribution < -0.4 is 10.1 Å². The van der Waals surface area contributed by atoms with Gasteiger partial charge in [-0.25, -0.2) is 0 Å². The van der Waals surface area contributed by atoms with Crippen molar-refractivity contribution in [3.8, 4) is 11.8 Å². The Morgan fingerprint density at radius 2 is 2.06 bits per heavy atom. The van der Waals surface area contributed by atoms with E-state index in [9.17, 15) is 14.9 Å². The van der Waals surface area contributed by atoms with Crippen LogP contribution in [0.3, 0.4) is 0 Å². The number of ether oxygens (including phenoxy) is 2. The molecule has 1 aromatic carbocycles. The molecule has 0 spiro atoms. The normalized spacial score (nSPS) is 14.6. The summed E-state index contributed by atoms with van der Waals surface area (Å²) >= 11 is 1.45. The third-order valence-corrected chi connectivity index (χ3v) is 7.25. The molecule has 2 aromatic heterocycles. The minimum Gasteiger partial charge on any atom is -0.489 e.